The molecule has 0 bridgehead atoms. The van der Waals surface area contributed by atoms with Gasteiger partial charge in [-0.25, -0.2) is 4.79 Å². The van der Waals surface area contributed by atoms with Crippen LogP contribution in [0.5, 0.6) is 0 Å². The van der Waals surface area contributed by atoms with Gasteiger partial charge in [-0.2, -0.15) is 0 Å². The Hall–Kier alpha value is -2.82. The molecule has 2 aromatic heterocycles. The second-order valence-electron chi connectivity index (χ2n) is 4.49. The molecule has 0 amide bonds. The topological polar surface area (TPSA) is 64.4 Å². The first-order valence-corrected chi connectivity index (χ1v) is 6.52. The molecule has 0 atom stereocenters. The van der Waals surface area contributed by atoms with E-state index in [1.807, 2.05) is 30.3 Å². The van der Waals surface area contributed by atoms with E-state index >= 15 is 0 Å². The summed E-state index contributed by atoms with van der Waals surface area (Å²) >= 11 is 0. The second-order valence-corrected chi connectivity index (χ2v) is 4.49. The highest BCUT2D eigenvalue weighted by Gasteiger charge is 2.11. The molecule has 0 radical (unpaired) electrons. The van der Waals surface area contributed by atoms with E-state index in [9.17, 15) is 4.79 Å². The third kappa shape index (κ3) is 2.72. The highest BCUT2D eigenvalue weighted by Crippen LogP contribution is 2.22. The number of ether oxygens (including phenoxy) is 1. The van der Waals surface area contributed by atoms with Gasteiger partial charge in [0.15, 0.2) is 0 Å². The van der Waals surface area contributed by atoms with Crippen molar-refractivity contribution in [1.29, 1.82) is 0 Å². The number of aromatic nitrogens is 1. The molecule has 2 heterocycles. The number of carbonyl (C=O) groups excluding carboxylic acids is 1. The number of anilines is 1. The van der Waals surface area contributed by atoms with Crippen molar-refractivity contribution in [1.82, 2.24) is 4.98 Å². The van der Waals surface area contributed by atoms with Gasteiger partial charge >= 0.3 is 5.97 Å². The lowest BCUT2D eigenvalue weighted by Gasteiger charge is -2.07. The van der Waals surface area contributed by atoms with Crippen molar-refractivity contribution in [2.75, 3.05) is 12.4 Å². The van der Waals surface area contributed by atoms with Gasteiger partial charge in [-0.15, -0.1) is 0 Å². The Balaban J connectivity index is 1.77. The van der Waals surface area contributed by atoms with E-state index in [2.05, 4.69) is 15.0 Å². The highest BCUT2D eigenvalue weighted by molar-refractivity contribution is 5.91. The predicted molar refractivity (Wildman–Crippen MR) is 79.1 cm³/mol. The molecule has 0 saturated carbocycles. The fraction of sp³-hybridized carbons (Fsp3) is 0.125. The van der Waals surface area contributed by atoms with Gasteiger partial charge in [0, 0.05) is 17.3 Å². The first-order valence-electron chi connectivity index (χ1n) is 6.52. The molecular formula is C16H14N2O3. The minimum Gasteiger partial charge on any atom is -0.463 e. The number of fused-ring (bicyclic) bond motifs is 1. The molecule has 3 aromatic rings. The van der Waals surface area contributed by atoms with Crippen LogP contribution >= 0.6 is 0 Å². The van der Waals surface area contributed by atoms with Crippen molar-refractivity contribution >= 4 is 22.6 Å². The number of carbonyl (C=O) groups is 1. The number of esters is 1. The van der Waals surface area contributed by atoms with Gasteiger partial charge in [0.2, 0.25) is 5.76 Å². The fourth-order valence-corrected chi connectivity index (χ4v) is 2.12. The van der Waals surface area contributed by atoms with Gasteiger partial charge in [-0.3, -0.25) is 4.98 Å². The molecule has 0 aliphatic rings. The van der Waals surface area contributed by atoms with Crippen LogP contribution in [0.1, 0.15) is 16.3 Å². The van der Waals surface area contributed by atoms with E-state index in [4.69, 9.17) is 4.42 Å². The minimum atomic E-state index is -0.476. The second kappa shape index (κ2) is 5.66. The lowest BCUT2D eigenvalue weighted by atomic mass is 10.2. The number of rotatable bonds is 4. The number of hydrogen-bond donors (Lipinski definition) is 1. The summed E-state index contributed by atoms with van der Waals surface area (Å²) in [5, 5.41) is 4.33. The summed E-state index contributed by atoms with van der Waals surface area (Å²) < 4.78 is 10.0. The Kier molecular flexibility index (Phi) is 3.55. The highest BCUT2D eigenvalue weighted by atomic mass is 16.5. The zero-order valence-corrected chi connectivity index (χ0v) is 11.5. The summed E-state index contributed by atoms with van der Waals surface area (Å²) in [6.07, 6.45) is 1.77. The average molecular weight is 282 g/mol. The van der Waals surface area contributed by atoms with Crippen molar-refractivity contribution in [3.8, 4) is 0 Å². The third-order valence-corrected chi connectivity index (χ3v) is 3.15. The third-order valence-electron chi connectivity index (χ3n) is 3.15. The van der Waals surface area contributed by atoms with Crippen LogP contribution in [0.25, 0.3) is 10.9 Å². The minimum absolute atomic E-state index is 0.203. The molecular weight excluding hydrogens is 268 g/mol. The molecule has 0 fully saturated rings. The monoisotopic (exact) mass is 282 g/mol. The molecule has 0 saturated heterocycles. The van der Waals surface area contributed by atoms with Crippen LogP contribution in [-0.2, 0) is 11.3 Å². The fourth-order valence-electron chi connectivity index (χ4n) is 2.12. The Morgan fingerprint density at radius 1 is 1.24 bits per heavy atom. The summed E-state index contributed by atoms with van der Waals surface area (Å²) in [4.78, 5) is 15.6. The number of methoxy groups -OCH3 is 1. The van der Waals surface area contributed by atoms with Crippen LogP contribution in [-0.4, -0.2) is 18.1 Å². The molecule has 106 valence electrons. The number of benzene rings is 1. The molecule has 5 nitrogen and oxygen atoms in total. The van der Waals surface area contributed by atoms with E-state index in [0.717, 1.165) is 16.6 Å². The first kappa shape index (κ1) is 13.2. The summed E-state index contributed by atoms with van der Waals surface area (Å²) in [7, 11) is 1.33. The van der Waals surface area contributed by atoms with Gasteiger partial charge in [0.25, 0.3) is 0 Å². The van der Waals surface area contributed by atoms with Gasteiger partial charge in [-0.1, -0.05) is 6.07 Å². The molecule has 21 heavy (non-hydrogen) atoms. The standard InChI is InChI=1S/C16H14N2O3/c1-20-16(19)15-8-7-11(21-15)10-18-14-6-2-5-13-12(14)4-3-9-17-13/h2-9,18H,10H2,1H3. The Morgan fingerprint density at radius 3 is 3.00 bits per heavy atom. The smallest absolute Gasteiger partial charge is 0.373 e. The van der Waals surface area contributed by atoms with Crippen molar-refractivity contribution in [3.63, 3.8) is 0 Å². The van der Waals surface area contributed by atoms with Crippen LogP contribution in [0.3, 0.4) is 0 Å². The zero-order valence-electron chi connectivity index (χ0n) is 11.5. The zero-order chi connectivity index (χ0) is 14.7. The van der Waals surface area contributed by atoms with Crippen LogP contribution in [0, 0.1) is 0 Å². The molecule has 1 N–H and O–H groups in total. The van der Waals surface area contributed by atoms with Crippen LogP contribution in [0.15, 0.2) is 53.1 Å². The summed E-state index contributed by atoms with van der Waals surface area (Å²) in [5.41, 5.74) is 1.90. The van der Waals surface area contributed by atoms with E-state index < -0.39 is 5.97 Å². The summed E-state index contributed by atoms with van der Waals surface area (Å²) in [5.74, 6) is 0.390. The summed E-state index contributed by atoms with van der Waals surface area (Å²) in [6, 6.07) is 13.1. The largest absolute Gasteiger partial charge is 0.463 e. The summed E-state index contributed by atoms with van der Waals surface area (Å²) in [6.45, 7) is 0.477. The van der Waals surface area contributed by atoms with Gasteiger partial charge in [0.1, 0.15) is 5.76 Å². The molecule has 0 spiro atoms. The Labute approximate surface area is 121 Å². The Morgan fingerprint density at radius 2 is 2.14 bits per heavy atom. The quantitative estimate of drug-likeness (QED) is 0.744. The maximum absolute atomic E-state index is 11.3. The van der Waals surface area contributed by atoms with Gasteiger partial charge in [-0.05, 0) is 36.4 Å². The lowest BCUT2D eigenvalue weighted by molar-refractivity contribution is 0.0563. The Bertz CT molecular complexity index is 775. The SMILES string of the molecule is COC(=O)c1ccc(CNc2cccc3ncccc23)o1. The van der Waals surface area contributed by atoms with E-state index in [1.165, 1.54) is 7.11 Å². The normalized spacial score (nSPS) is 10.5. The van der Waals surface area contributed by atoms with E-state index in [0.29, 0.717) is 12.3 Å². The number of furan rings is 1. The maximum Gasteiger partial charge on any atom is 0.373 e. The first-order chi connectivity index (χ1) is 10.3. The average Bonchev–Trinajstić information content (AvgIpc) is 3.01. The van der Waals surface area contributed by atoms with Crippen molar-refractivity contribution in [2.24, 2.45) is 0 Å². The maximum atomic E-state index is 11.3. The molecule has 0 aliphatic carbocycles. The number of pyridine rings is 1. The van der Waals surface area contributed by atoms with Gasteiger partial charge < -0.3 is 14.5 Å². The molecule has 0 unspecified atom stereocenters. The molecule has 3 rings (SSSR count). The predicted octanol–water partition coefficient (Wildman–Crippen LogP) is 3.23. The van der Waals surface area contributed by atoms with Crippen molar-refractivity contribution in [3.05, 3.63) is 60.2 Å². The number of nitrogens with zero attached hydrogens (tertiary/aromatic N) is 1. The van der Waals surface area contributed by atoms with Crippen LogP contribution < -0.4 is 5.32 Å². The lowest BCUT2D eigenvalue weighted by Crippen LogP contribution is -2.00. The van der Waals surface area contributed by atoms with Crippen molar-refractivity contribution < 1.29 is 13.9 Å². The van der Waals surface area contributed by atoms with Crippen molar-refractivity contribution in [2.45, 2.75) is 6.54 Å². The van der Waals surface area contributed by atoms with E-state index in [1.54, 1.807) is 18.3 Å². The molecule has 5 heteroatoms. The number of hydrogen-bond acceptors (Lipinski definition) is 5. The van der Waals surface area contributed by atoms with E-state index in [-0.39, 0.29) is 5.76 Å². The van der Waals surface area contributed by atoms with Gasteiger partial charge in [0.05, 0.1) is 19.2 Å². The van der Waals surface area contributed by atoms with Crippen LogP contribution in [0.4, 0.5) is 5.69 Å². The number of nitrogens with one attached hydrogen (secondary N) is 1. The molecule has 0 aliphatic heterocycles. The van der Waals surface area contributed by atoms with Crippen LogP contribution in [0.2, 0.25) is 0 Å². The molecule has 1 aromatic carbocycles.